The number of rotatable bonds is 2. The van der Waals surface area contributed by atoms with E-state index in [1.54, 1.807) is 0 Å². The summed E-state index contributed by atoms with van der Waals surface area (Å²) in [5, 5.41) is 10.9. The molecule has 0 aliphatic heterocycles. The Morgan fingerprint density at radius 1 is 1.00 bits per heavy atom. The first-order valence-electron chi connectivity index (χ1n) is 7.48. The summed E-state index contributed by atoms with van der Waals surface area (Å²) >= 11 is 0. The lowest BCUT2D eigenvalue weighted by Gasteiger charge is -2.50. The molecule has 2 aliphatic carbocycles. The van der Waals surface area contributed by atoms with E-state index in [1.165, 1.54) is 19.3 Å². The van der Waals surface area contributed by atoms with Crippen molar-refractivity contribution in [3.8, 4) is 0 Å². The van der Waals surface area contributed by atoms with Crippen LogP contribution in [0.15, 0.2) is 0 Å². The van der Waals surface area contributed by atoms with Crippen LogP contribution in [0.25, 0.3) is 0 Å². The van der Waals surface area contributed by atoms with Crippen LogP contribution in [0.4, 0.5) is 0 Å². The van der Waals surface area contributed by atoms with Crippen LogP contribution in [0.5, 0.6) is 0 Å². The van der Waals surface area contributed by atoms with E-state index >= 15 is 0 Å². The zero-order valence-corrected chi connectivity index (χ0v) is 11.5. The second-order valence-electron chi connectivity index (χ2n) is 6.83. The molecule has 2 nitrogen and oxygen atoms in total. The molecule has 2 heteroatoms. The van der Waals surface area contributed by atoms with E-state index in [2.05, 4.69) is 13.8 Å². The number of hydrogen-bond acceptors (Lipinski definition) is 2. The van der Waals surface area contributed by atoms with E-state index in [-0.39, 0.29) is 5.54 Å². The van der Waals surface area contributed by atoms with E-state index in [4.69, 9.17) is 5.73 Å². The average molecular weight is 239 g/mol. The lowest BCUT2D eigenvalue weighted by molar-refractivity contribution is -0.0891. The van der Waals surface area contributed by atoms with Crippen molar-refractivity contribution in [2.24, 2.45) is 17.6 Å². The Morgan fingerprint density at radius 3 is 2.00 bits per heavy atom. The Kier molecular flexibility index (Phi) is 3.84. The van der Waals surface area contributed by atoms with Crippen LogP contribution in [0.1, 0.15) is 71.6 Å². The maximum absolute atomic E-state index is 10.9. The van der Waals surface area contributed by atoms with Gasteiger partial charge in [-0.05, 0) is 50.4 Å². The Morgan fingerprint density at radius 2 is 1.53 bits per heavy atom. The fraction of sp³-hybridized carbons (Fsp3) is 1.00. The van der Waals surface area contributed by atoms with E-state index in [9.17, 15) is 5.11 Å². The molecule has 0 saturated heterocycles. The first kappa shape index (κ1) is 13.4. The van der Waals surface area contributed by atoms with Crippen molar-refractivity contribution in [1.82, 2.24) is 0 Å². The van der Waals surface area contributed by atoms with Crippen LogP contribution in [0.2, 0.25) is 0 Å². The van der Waals surface area contributed by atoms with E-state index in [0.29, 0.717) is 0 Å². The highest BCUT2D eigenvalue weighted by atomic mass is 16.3. The highest BCUT2D eigenvalue weighted by Crippen LogP contribution is 2.45. The molecule has 0 unspecified atom stereocenters. The van der Waals surface area contributed by atoms with Gasteiger partial charge in [0, 0.05) is 5.54 Å². The third-order valence-corrected chi connectivity index (χ3v) is 5.47. The summed E-state index contributed by atoms with van der Waals surface area (Å²) in [6.45, 7) is 4.60. The Bertz CT molecular complexity index is 248. The molecule has 0 radical (unpaired) electrons. The summed E-state index contributed by atoms with van der Waals surface area (Å²) in [6, 6.07) is 0. The maximum atomic E-state index is 10.9. The summed E-state index contributed by atoms with van der Waals surface area (Å²) in [4.78, 5) is 0. The minimum absolute atomic E-state index is 0.285. The summed E-state index contributed by atoms with van der Waals surface area (Å²) < 4.78 is 0. The Balaban J connectivity index is 2.00. The molecule has 17 heavy (non-hydrogen) atoms. The van der Waals surface area contributed by atoms with Gasteiger partial charge in [0.25, 0.3) is 0 Å². The fourth-order valence-corrected chi connectivity index (χ4v) is 3.93. The van der Waals surface area contributed by atoms with Crippen molar-refractivity contribution >= 4 is 0 Å². The molecule has 2 fully saturated rings. The van der Waals surface area contributed by atoms with Gasteiger partial charge in [0.05, 0.1) is 5.60 Å². The third kappa shape index (κ3) is 2.53. The van der Waals surface area contributed by atoms with Crippen molar-refractivity contribution < 1.29 is 5.11 Å². The average Bonchev–Trinajstić information content (AvgIpc) is 2.30. The molecule has 0 bridgehead atoms. The highest BCUT2D eigenvalue weighted by Gasteiger charge is 2.49. The largest absolute Gasteiger partial charge is 0.388 e. The van der Waals surface area contributed by atoms with Gasteiger partial charge in [-0.2, -0.15) is 0 Å². The molecule has 0 aromatic heterocycles. The molecule has 3 N–H and O–H groups in total. The molecular formula is C15H29NO. The second-order valence-corrected chi connectivity index (χ2v) is 6.83. The molecular weight excluding hydrogens is 210 g/mol. The Hall–Kier alpha value is -0.0800. The fourth-order valence-electron chi connectivity index (χ4n) is 3.93. The van der Waals surface area contributed by atoms with Crippen LogP contribution in [0.3, 0.4) is 0 Å². The molecule has 0 amide bonds. The predicted octanol–water partition coefficient (Wildman–Crippen LogP) is 3.23. The molecule has 0 aromatic carbocycles. The van der Waals surface area contributed by atoms with Gasteiger partial charge in [-0.25, -0.2) is 0 Å². The van der Waals surface area contributed by atoms with Crippen molar-refractivity contribution in [1.29, 1.82) is 0 Å². The molecule has 0 atom stereocenters. The molecule has 100 valence electrons. The van der Waals surface area contributed by atoms with E-state index < -0.39 is 5.60 Å². The van der Waals surface area contributed by atoms with Crippen LogP contribution in [-0.2, 0) is 0 Å². The van der Waals surface area contributed by atoms with Gasteiger partial charge in [-0.15, -0.1) is 0 Å². The third-order valence-electron chi connectivity index (χ3n) is 5.47. The van der Waals surface area contributed by atoms with Crippen molar-refractivity contribution in [2.75, 3.05) is 0 Å². The molecule has 0 aromatic rings. The van der Waals surface area contributed by atoms with Gasteiger partial charge in [-0.1, -0.05) is 33.1 Å². The van der Waals surface area contributed by atoms with Crippen LogP contribution in [-0.4, -0.2) is 16.2 Å². The summed E-state index contributed by atoms with van der Waals surface area (Å²) in [5.74, 6) is 1.54. The number of hydrogen-bond donors (Lipinski definition) is 2. The highest BCUT2D eigenvalue weighted by molar-refractivity contribution is 5.06. The zero-order valence-electron chi connectivity index (χ0n) is 11.5. The summed E-state index contributed by atoms with van der Waals surface area (Å²) in [7, 11) is 0. The first-order valence-corrected chi connectivity index (χ1v) is 7.48. The predicted molar refractivity (Wildman–Crippen MR) is 71.7 cm³/mol. The summed E-state index contributed by atoms with van der Waals surface area (Å²) in [5.41, 5.74) is 5.68. The van der Waals surface area contributed by atoms with Gasteiger partial charge in [0.15, 0.2) is 0 Å². The minimum atomic E-state index is -0.571. The molecule has 2 aliphatic rings. The second kappa shape index (κ2) is 4.89. The minimum Gasteiger partial charge on any atom is -0.388 e. The Labute approximate surface area is 106 Å². The number of aliphatic hydroxyl groups is 1. The molecule has 0 spiro atoms. The SMILES string of the molecule is CC(C)C1CCC(O)(C2(N)CCCCC2)CC1. The molecule has 0 heterocycles. The standard InChI is InChI=1S/C15H29NO/c1-12(2)13-6-10-15(17,11-7-13)14(16)8-4-3-5-9-14/h12-13,17H,3-11,16H2,1-2H3. The number of nitrogens with two attached hydrogens (primary N) is 1. The van der Waals surface area contributed by atoms with Crippen molar-refractivity contribution in [3.63, 3.8) is 0 Å². The van der Waals surface area contributed by atoms with Gasteiger partial charge in [0.2, 0.25) is 0 Å². The smallest absolute Gasteiger partial charge is 0.0826 e. The maximum Gasteiger partial charge on any atom is 0.0826 e. The van der Waals surface area contributed by atoms with Gasteiger partial charge >= 0.3 is 0 Å². The van der Waals surface area contributed by atoms with E-state index in [1.807, 2.05) is 0 Å². The quantitative estimate of drug-likeness (QED) is 0.777. The van der Waals surface area contributed by atoms with Crippen molar-refractivity contribution in [2.45, 2.75) is 82.8 Å². The zero-order chi connectivity index (χ0) is 12.5. The van der Waals surface area contributed by atoms with Crippen LogP contribution in [0, 0.1) is 11.8 Å². The first-order chi connectivity index (χ1) is 7.97. The van der Waals surface area contributed by atoms with Crippen LogP contribution >= 0.6 is 0 Å². The summed E-state index contributed by atoms with van der Waals surface area (Å²) in [6.07, 6.45) is 9.91. The van der Waals surface area contributed by atoms with Crippen molar-refractivity contribution in [3.05, 3.63) is 0 Å². The monoisotopic (exact) mass is 239 g/mol. The van der Waals surface area contributed by atoms with Gasteiger partial charge in [0.1, 0.15) is 0 Å². The lowest BCUT2D eigenvalue weighted by atomic mass is 9.62. The lowest BCUT2D eigenvalue weighted by Crippen LogP contribution is -2.62. The van der Waals surface area contributed by atoms with Gasteiger partial charge < -0.3 is 10.8 Å². The molecule has 2 rings (SSSR count). The molecule has 2 saturated carbocycles. The van der Waals surface area contributed by atoms with Crippen LogP contribution < -0.4 is 5.73 Å². The van der Waals surface area contributed by atoms with E-state index in [0.717, 1.165) is 50.4 Å². The normalized spacial score (nSPS) is 38.3. The topological polar surface area (TPSA) is 46.2 Å². The van der Waals surface area contributed by atoms with Gasteiger partial charge in [-0.3, -0.25) is 0 Å².